The molecule has 0 aliphatic carbocycles. The standard InChI is InChI=1S/2C21H28O5S.Ca/c2*1-2-3-4-5-6-7-8-11-17-12-9-15-20(22)21(17)26-18-13-10-14-19(16-18)27(23,24)25;/h2*9-10,12-16,22H,2-8,11H2,1H3,(H,23,24,25);/q;;+2/p-2. The molecular formula is C42H54CaO10S2. The van der Waals surface area contributed by atoms with Gasteiger partial charge in [0.15, 0.2) is 11.5 Å². The van der Waals surface area contributed by atoms with Gasteiger partial charge >= 0.3 is 37.7 Å². The third-order valence-electron chi connectivity index (χ3n) is 8.87. The molecule has 4 aromatic carbocycles. The number of aromatic hydroxyl groups is 1. The maximum atomic E-state index is 12.2. The molecule has 13 heteroatoms. The molecule has 0 aliphatic rings. The normalized spacial score (nSPS) is 11.3. The number of hydrogen-bond acceptors (Lipinski definition) is 9. The first-order valence-corrected chi connectivity index (χ1v) is 21.8. The van der Waals surface area contributed by atoms with Crippen molar-refractivity contribution >= 4 is 58.0 Å². The van der Waals surface area contributed by atoms with Crippen LogP contribution in [0.4, 0.5) is 0 Å². The van der Waals surface area contributed by atoms with Gasteiger partial charge in [0.25, 0.3) is 10.1 Å². The Bertz CT molecular complexity index is 1810. The Morgan fingerprint density at radius 1 is 0.564 bits per heavy atom. The van der Waals surface area contributed by atoms with Crippen LogP contribution in [0.25, 0.3) is 0 Å². The number of hydrogen-bond donors (Lipinski definition) is 2. The number of phenolic OH excluding ortho intramolecular Hbond substituents is 1. The smallest absolute Gasteiger partial charge is 0.870 e. The van der Waals surface area contributed by atoms with Crippen molar-refractivity contribution < 1.29 is 45.6 Å². The van der Waals surface area contributed by atoms with Gasteiger partial charge in [-0.05, 0) is 73.2 Å². The zero-order valence-electron chi connectivity index (χ0n) is 32.1. The molecular weight excluding hydrogens is 769 g/mol. The predicted molar refractivity (Wildman–Crippen MR) is 214 cm³/mol. The minimum absolute atomic E-state index is 0. The van der Waals surface area contributed by atoms with Crippen LogP contribution in [0.15, 0.2) is 94.7 Å². The average Bonchev–Trinajstić information content (AvgIpc) is 3.13. The largest absolute Gasteiger partial charge is 2.00 e. The first-order valence-electron chi connectivity index (χ1n) is 18.9. The second-order valence-electron chi connectivity index (χ2n) is 13.3. The Balaban J connectivity index is 0.000000373. The van der Waals surface area contributed by atoms with E-state index in [4.69, 9.17) is 9.47 Å². The van der Waals surface area contributed by atoms with Crippen molar-refractivity contribution in [1.82, 2.24) is 0 Å². The fourth-order valence-corrected chi connectivity index (χ4v) is 6.95. The summed E-state index contributed by atoms with van der Waals surface area (Å²) in [6, 6.07) is 21.1. The Hall–Kier alpha value is -2.84. The van der Waals surface area contributed by atoms with Crippen molar-refractivity contribution in [2.75, 3.05) is 0 Å². The molecule has 0 aromatic heterocycles. The Morgan fingerprint density at radius 3 is 1.49 bits per heavy atom. The van der Waals surface area contributed by atoms with E-state index in [1.165, 1.54) is 113 Å². The minimum Gasteiger partial charge on any atom is -0.870 e. The summed E-state index contributed by atoms with van der Waals surface area (Å²) in [7, 11) is -8.88. The molecule has 0 unspecified atom stereocenters. The van der Waals surface area contributed by atoms with Crippen LogP contribution in [0.1, 0.15) is 115 Å². The van der Waals surface area contributed by atoms with E-state index < -0.39 is 20.2 Å². The van der Waals surface area contributed by atoms with E-state index in [9.17, 15) is 36.2 Å². The van der Waals surface area contributed by atoms with E-state index >= 15 is 0 Å². The van der Waals surface area contributed by atoms with Gasteiger partial charge < -0.3 is 24.2 Å². The van der Waals surface area contributed by atoms with Crippen LogP contribution < -0.4 is 14.6 Å². The molecule has 0 aliphatic heterocycles. The van der Waals surface area contributed by atoms with Gasteiger partial charge in [0.2, 0.25) is 0 Å². The molecule has 0 heterocycles. The second kappa shape index (κ2) is 25.4. The van der Waals surface area contributed by atoms with E-state index in [0.29, 0.717) is 5.75 Å². The van der Waals surface area contributed by atoms with Crippen LogP contribution in [0.2, 0.25) is 0 Å². The molecule has 0 amide bonds. The maximum Gasteiger partial charge on any atom is 2.00 e. The van der Waals surface area contributed by atoms with Gasteiger partial charge in [-0.1, -0.05) is 139 Å². The number of benzene rings is 4. The van der Waals surface area contributed by atoms with Crippen molar-refractivity contribution in [2.24, 2.45) is 0 Å². The van der Waals surface area contributed by atoms with Crippen molar-refractivity contribution in [2.45, 2.75) is 126 Å². The molecule has 4 rings (SSSR count). The molecule has 296 valence electrons. The summed E-state index contributed by atoms with van der Waals surface area (Å²) in [5.74, 6) is 0.682. The first kappa shape index (κ1) is 48.3. The number of aryl methyl sites for hydroxylation is 2. The van der Waals surface area contributed by atoms with E-state index in [1.54, 1.807) is 18.2 Å². The zero-order valence-corrected chi connectivity index (χ0v) is 35.9. The number of ether oxygens (including phenoxy) is 2. The van der Waals surface area contributed by atoms with Crippen molar-refractivity contribution in [3.63, 3.8) is 0 Å². The molecule has 0 bridgehead atoms. The van der Waals surface area contributed by atoms with Crippen LogP contribution in [-0.2, 0) is 33.1 Å². The van der Waals surface area contributed by atoms with Gasteiger partial charge in [0, 0.05) is 6.07 Å². The quantitative estimate of drug-likeness (QED) is 0.0441. The molecule has 0 atom stereocenters. The van der Waals surface area contributed by atoms with Gasteiger partial charge in [-0.2, -0.15) is 8.42 Å². The predicted octanol–water partition coefficient (Wildman–Crippen LogP) is 10.1. The van der Waals surface area contributed by atoms with Gasteiger partial charge in [0.1, 0.15) is 27.4 Å². The Labute approximate surface area is 357 Å². The zero-order chi connectivity index (χ0) is 39.4. The summed E-state index contributed by atoms with van der Waals surface area (Å²) in [6.45, 7) is 4.40. The van der Waals surface area contributed by atoms with E-state index in [1.807, 2.05) is 12.1 Å². The summed E-state index contributed by atoms with van der Waals surface area (Å²) in [5.41, 5.74) is 1.67. The van der Waals surface area contributed by atoms with Crippen molar-refractivity contribution in [3.8, 4) is 34.5 Å². The number of rotatable bonds is 22. The molecule has 0 fully saturated rings. The number of para-hydroxylation sites is 2. The molecule has 0 saturated carbocycles. The average molecular weight is 823 g/mol. The SMILES string of the molecule is CCCCCCCCCc1cccc(O)c1Oc1cccc(S(=O)(=O)O)c1.CCCCCCCCCc1cccc([O-])c1Oc1cccc(S(=O)(=O)[O-])c1.[Ca+2]. The maximum absolute atomic E-state index is 12.2. The van der Waals surface area contributed by atoms with E-state index in [0.717, 1.165) is 55.7 Å². The first-order chi connectivity index (χ1) is 25.8. The molecule has 0 radical (unpaired) electrons. The summed E-state index contributed by atoms with van der Waals surface area (Å²) in [4.78, 5) is -0.624. The van der Waals surface area contributed by atoms with Crippen LogP contribution >= 0.6 is 0 Å². The van der Waals surface area contributed by atoms with Gasteiger partial charge in [-0.15, -0.1) is 0 Å². The van der Waals surface area contributed by atoms with E-state index in [-0.39, 0.29) is 76.3 Å². The van der Waals surface area contributed by atoms with Crippen molar-refractivity contribution in [3.05, 3.63) is 96.1 Å². The Morgan fingerprint density at radius 2 is 0.982 bits per heavy atom. The number of phenols is 1. The third-order valence-corrected chi connectivity index (χ3v) is 10.6. The molecule has 2 N–H and O–H groups in total. The molecule has 55 heavy (non-hydrogen) atoms. The Kier molecular flexibility index (Phi) is 22.3. The monoisotopic (exact) mass is 822 g/mol. The van der Waals surface area contributed by atoms with Crippen LogP contribution in [0, 0.1) is 0 Å². The van der Waals surface area contributed by atoms with Crippen LogP contribution in [-0.4, -0.2) is 68.8 Å². The molecule has 10 nitrogen and oxygen atoms in total. The van der Waals surface area contributed by atoms with Gasteiger partial charge in [-0.25, -0.2) is 8.42 Å². The summed E-state index contributed by atoms with van der Waals surface area (Å²) < 4.78 is 76.7. The summed E-state index contributed by atoms with van der Waals surface area (Å²) >= 11 is 0. The second-order valence-corrected chi connectivity index (χ2v) is 16.1. The fourth-order valence-electron chi connectivity index (χ4n) is 5.93. The van der Waals surface area contributed by atoms with Crippen LogP contribution in [0.3, 0.4) is 0 Å². The molecule has 0 spiro atoms. The third kappa shape index (κ3) is 17.9. The topological polar surface area (TPSA) is 173 Å². The molecule has 4 aromatic rings. The minimum atomic E-state index is -4.57. The number of unbranched alkanes of at least 4 members (excludes halogenated alkanes) is 12. The van der Waals surface area contributed by atoms with Gasteiger partial charge in [-0.3, -0.25) is 4.55 Å². The van der Waals surface area contributed by atoms with Crippen molar-refractivity contribution in [1.29, 1.82) is 0 Å². The summed E-state index contributed by atoms with van der Waals surface area (Å²) in [6.07, 6.45) is 18.1. The summed E-state index contributed by atoms with van der Waals surface area (Å²) in [5, 5.41) is 22.4. The van der Waals surface area contributed by atoms with Crippen LogP contribution in [0.5, 0.6) is 34.5 Å². The fraction of sp³-hybridized carbons (Fsp3) is 0.429. The van der Waals surface area contributed by atoms with Gasteiger partial charge in [0.05, 0.1) is 9.79 Å². The molecule has 0 saturated heterocycles. The van der Waals surface area contributed by atoms with E-state index in [2.05, 4.69) is 13.8 Å².